The molecule has 0 radical (unpaired) electrons. The molecule has 7 heteroatoms. The van der Waals surface area contributed by atoms with Crippen LogP contribution in [0.2, 0.25) is 0 Å². The quantitative estimate of drug-likeness (QED) is 0.836. The Morgan fingerprint density at radius 2 is 2.00 bits per heavy atom. The Hall–Kier alpha value is -1.37. The molecule has 2 rings (SSSR count). The number of hydrogen-bond donors (Lipinski definition) is 0. The molecule has 0 fully saturated rings. The molecule has 0 bridgehead atoms. The van der Waals surface area contributed by atoms with Gasteiger partial charge in [0.1, 0.15) is 0 Å². The largest absolute Gasteiger partial charge is 0.421 e. The molecule has 0 saturated heterocycles. The second-order valence-electron chi connectivity index (χ2n) is 3.55. The van der Waals surface area contributed by atoms with Crippen LogP contribution in [-0.2, 0) is 12.6 Å². The number of halogens is 4. The van der Waals surface area contributed by atoms with Gasteiger partial charge in [0.2, 0.25) is 11.8 Å². The van der Waals surface area contributed by atoms with Crippen LogP contribution in [0.15, 0.2) is 27.1 Å². The van der Waals surface area contributed by atoms with Crippen molar-refractivity contribution in [1.82, 2.24) is 10.2 Å². The van der Waals surface area contributed by atoms with Crippen molar-refractivity contribution in [3.05, 3.63) is 34.1 Å². The standard InChI is InChI=1S/C11H8BrF3N2O/c1-2-9-16-17-10(18-9)6-3-4-8(12)7(5-6)11(13,14)15/h3-5H,2H2,1H3. The van der Waals surface area contributed by atoms with Crippen LogP contribution in [0, 0.1) is 0 Å². The SMILES string of the molecule is CCc1nnc(-c2ccc(Br)c(C(F)(F)F)c2)o1. The molecular formula is C11H8BrF3N2O. The van der Waals surface area contributed by atoms with Crippen molar-refractivity contribution in [2.45, 2.75) is 19.5 Å². The molecule has 96 valence electrons. The van der Waals surface area contributed by atoms with E-state index in [2.05, 4.69) is 26.1 Å². The summed E-state index contributed by atoms with van der Waals surface area (Å²) < 4.78 is 43.4. The maximum Gasteiger partial charge on any atom is 0.417 e. The monoisotopic (exact) mass is 320 g/mol. The summed E-state index contributed by atoms with van der Waals surface area (Å²) in [7, 11) is 0. The molecule has 0 spiro atoms. The third-order valence-corrected chi connectivity index (χ3v) is 2.98. The van der Waals surface area contributed by atoms with Gasteiger partial charge in [0.05, 0.1) is 5.56 Å². The van der Waals surface area contributed by atoms with E-state index >= 15 is 0 Å². The van der Waals surface area contributed by atoms with Gasteiger partial charge >= 0.3 is 6.18 Å². The summed E-state index contributed by atoms with van der Waals surface area (Å²) in [5.74, 6) is 0.478. The Morgan fingerprint density at radius 1 is 1.28 bits per heavy atom. The fourth-order valence-corrected chi connectivity index (χ4v) is 1.86. The predicted molar refractivity (Wildman–Crippen MR) is 61.8 cm³/mol. The van der Waals surface area contributed by atoms with Crippen LogP contribution in [0.25, 0.3) is 11.5 Å². The Labute approximate surface area is 109 Å². The molecule has 0 unspecified atom stereocenters. The highest BCUT2D eigenvalue weighted by Gasteiger charge is 2.33. The van der Waals surface area contributed by atoms with E-state index in [4.69, 9.17) is 4.42 Å². The average Bonchev–Trinajstić information content (AvgIpc) is 2.76. The molecule has 0 aliphatic heterocycles. The molecule has 18 heavy (non-hydrogen) atoms. The Balaban J connectivity index is 2.47. The lowest BCUT2D eigenvalue weighted by atomic mass is 10.1. The minimum atomic E-state index is -4.43. The Bertz CT molecular complexity index is 566. The summed E-state index contributed by atoms with van der Waals surface area (Å²) >= 11 is 2.87. The molecule has 0 amide bonds. The highest BCUT2D eigenvalue weighted by Crippen LogP contribution is 2.37. The summed E-state index contributed by atoms with van der Waals surface area (Å²) in [6.45, 7) is 1.82. The summed E-state index contributed by atoms with van der Waals surface area (Å²) in [5, 5.41) is 7.43. The van der Waals surface area contributed by atoms with Gasteiger partial charge in [-0.1, -0.05) is 22.9 Å². The Kier molecular flexibility index (Phi) is 3.43. The second kappa shape index (κ2) is 4.72. The van der Waals surface area contributed by atoms with E-state index in [1.807, 2.05) is 6.92 Å². The predicted octanol–water partition coefficient (Wildman–Crippen LogP) is 4.08. The molecule has 0 atom stereocenters. The highest BCUT2D eigenvalue weighted by molar-refractivity contribution is 9.10. The molecule has 3 nitrogen and oxygen atoms in total. The van der Waals surface area contributed by atoms with E-state index in [1.54, 1.807) is 0 Å². The van der Waals surface area contributed by atoms with Gasteiger partial charge in [-0.05, 0) is 18.2 Å². The average molecular weight is 321 g/mol. The molecule has 1 aromatic carbocycles. The molecular weight excluding hydrogens is 313 g/mol. The van der Waals surface area contributed by atoms with Crippen LogP contribution < -0.4 is 0 Å². The second-order valence-corrected chi connectivity index (χ2v) is 4.40. The van der Waals surface area contributed by atoms with Gasteiger partial charge in [-0.15, -0.1) is 10.2 Å². The number of benzene rings is 1. The molecule has 1 heterocycles. The molecule has 0 saturated carbocycles. The van der Waals surface area contributed by atoms with Crippen LogP contribution >= 0.6 is 15.9 Å². The molecule has 1 aromatic heterocycles. The maximum absolute atomic E-state index is 12.7. The van der Waals surface area contributed by atoms with Crippen LogP contribution in [0.3, 0.4) is 0 Å². The van der Waals surface area contributed by atoms with Gasteiger partial charge in [0, 0.05) is 16.5 Å². The first-order valence-corrected chi connectivity index (χ1v) is 5.90. The maximum atomic E-state index is 12.7. The van der Waals surface area contributed by atoms with Crippen LogP contribution in [0.5, 0.6) is 0 Å². The van der Waals surface area contributed by atoms with Gasteiger partial charge in [0.15, 0.2) is 0 Å². The topological polar surface area (TPSA) is 38.9 Å². The van der Waals surface area contributed by atoms with Gasteiger partial charge in [-0.2, -0.15) is 13.2 Å². The first-order valence-electron chi connectivity index (χ1n) is 5.11. The smallest absolute Gasteiger partial charge is 0.417 e. The third-order valence-electron chi connectivity index (χ3n) is 2.29. The zero-order valence-corrected chi connectivity index (χ0v) is 10.8. The summed E-state index contributed by atoms with van der Waals surface area (Å²) in [5.41, 5.74) is -0.519. The van der Waals surface area contributed by atoms with Crippen molar-refractivity contribution in [1.29, 1.82) is 0 Å². The number of alkyl halides is 3. The van der Waals surface area contributed by atoms with E-state index in [1.165, 1.54) is 12.1 Å². The van der Waals surface area contributed by atoms with E-state index in [0.29, 0.717) is 12.3 Å². The van der Waals surface area contributed by atoms with E-state index in [-0.39, 0.29) is 15.9 Å². The lowest BCUT2D eigenvalue weighted by Gasteiger charge is -2.09. The van der Waals surface area contributed by atoms with E-state index in [0.717, 1.165) is 6.07 Å². The van der Waals surface area contributed by atoms with Gasteiger partial charge in [-0.25, -0.2) is 0 Å². The minimum Gasteiger partial charge on any atom is -0.421 e. The number of aryl methyl sites for hydroxylation is 1. The highest BCUT2D eigenvalue weighted by atomic mass is 79.9. The van der Waals surface area contributed by atoms with Crippen molar-refractivity contribution >= 4 is 15.9 Å². The molecule has 0 aliphatic carbocycles. The first-order chi connectivity index (χ1) is 8.41. The van der Waals surface area contributed by atoms with Gasteiger partial charge < -0.3 is 4.42 Å². The number of aromatic nitrogens is 2. The summed E-state index contributed by atoms with van der Waals surface area (Å²) in [6, 6.07) is 3.79. The minimum absolute atomic E-state index is 0.0195. The number of rotatable bonds is 2. The molecule has 0 N–H and O–H groups in total. The van der Waals surface area contributed by atoms with Gasteiger partial charge in [0.25, 0.3) is 0 Å². The zero-order chi connectivity index (χ0) is 13.3. The summed E-state index contributed by atoms with van der Waals surface area (Å²) in [6.07, 6.45) is -3.89. The van der Waals surface area contributed by atoms with E-state index < -0.39 is 11.7 Å². The van der Waals surface area contributed by atoms with Crippen LogP contribution in [0.1, 0.15) is 18.4 Å². The van der Waals surface area contributed by atoms with Crippen molar-refractivity contribution in [3.8, 4) is 11.5 Å². The van der Waals surface area contributed by atoms with Crippen LogP contribution in [0.4, 0.5) is 13.2 Å². The lowest BCUT2D eigenvalue weighted by molar-refractivity contribution is -0.138. The van der Waals surface area contributed by atoms with Crippen molar-refractivity contribution in [2.75, 3.05) is 0 Å². The normalized spacial score (nSPS) is 11.8. The molecule has 2 aromatic rings. The Morgan fingerprint density at radius 3 is 2.56 bits per heavy atom. The fourth-order valence-electron chi connectivity index (χ4n) is 1.39. The fraction of sp³-hybridized carbons (Fsp3) is 0.273. The van der Waals surface area contributed by atoms with E-state index in [9.17, 15) is 13.2 Å². The van der Waals surface area contributed by atoms with Crippen molar-refractivity contribution in [2.24, 2.45) is 0 Å². The lowest BCUT2D eigenvalue weighted by Crippen LogP contribution is -2.06. The third kappa shape index (κ3) is 2.55. The first kappa shape index (κ1) is 13.1. The van der Waals surface area contributed by atoms with Gasteiger partial charge in [-0.3, -0.25) is 0 Å². The van der Waals surface area contributed by atoms with Crippen molar-refractivity contribution < 1.29 is 17.6 Å². The zero-order valence-electron chi connectivity index (χ0n) is 9.25. The number of nitrogens with zero attached hydrogens (tertiary/aromatic N) is 2. The summed E-state index contributed by atoms with van der Waals surface area (Å²) in [4.78, 5) is 0. The van der Waals surface area contributed by atoms with Crippen molar-refractivity contribution in [3.63, 3.8) is 0 Å². The van der Waals surface area contributed by atoms with Crippen LogP contribution in [-0.4, -0.2) is 10.2 Å². The number of hydrogen-bond acceptors (Lipinski definition) is 3. The molecule has 0 aliphatic rings.